The highest BCUT2D eigenvalue weighted by Gasteiger charge is 2.28. The fourth-order valence-corrected chi connectivity index (χ4v) is 3.67. The molecule has 20 heavy (non-hydrogen) atoms. The predicted octanol–water partition coefficient (Wildman–Crippen LogP) is 0.620. The van der Waals surface area contributed by atoms with Gasteiger partial charge in [0.05, 0.1) is 24.0 Å². The van der Waals surface area contributed by atoms with E-state index in [2.05, 4.69) is 38.0 Å². The van der Waals surface area contributed by atoms with Gasteiger partial charge in [-0.2, -0.15) is 15.1 Å². The largest absolute Gasteiger partial charge is 0.317 e. The van der Waals surface area contributed by atoms with Crippen LogP contribution in [0, 0.1) is 0 Å². The molecule has 7 nitrogen and oxygen atoms in total. The van der Waals surface area contributed by atoms with Crippen molar-refractivity contribution in [2.45, 2.75) is 11.6 Å². The average Bonchev–Trinajstić information content (AvgIpc) is 2.75. The number of hydrogen-bond acceptors (Lipinski definition) is 6. The molecule has 0 amide bonds. The molecule has 1 N–H and O–H groups in total. The standard InChI is InChI=1S/C11H15N5O2PS/c1-19(2)6-16-5-4-7-8-9(15-14-7)12-11(13-10(8)16)20(3,17)18/h1,4-6H2,2-3H3,(H,12,13,14,15)/q+1. The lowest BCUT2D eigenvalue weighted by Gasteiger charge is -2.24. The van der Waals surface area contributed by atoms with Crippen LogP contribution in [0.1, 0.15) is 5.69 Å². The van der Waals surface area contributed by atoms with Crippen LogP contribution in [0.3, 0.4) is 0 Å². The molecule has 0 aromatic carbocycles. The van der Waals surface area contributed by atoms with Gasteiger partial charge in [-0.1, -0.05) is 0 Å². The Morgan fingerprint density at radius 1 is 1.45 bits per heavy atom. The number of sulfone groups is 1. The predicted molar refractivity (Wildman–Crippen MR) is 80.7 cm³/mol. The second-order valence-electron chi connectivity index (χ2n) is 5.01. The molecule has 0 spiro atoms. The van der Waals surface area contributed by atoms with Crippen LogP contribution in [-0.4, -0.2) is 60.6 Å². The summed E-state index contributed by atoms with van der Waals surface area (Å²) in [7, 11) is -3.84. The van der Waals surface area contributed by atoms with Crippen LogP contribution in [-0.2, 0) is 16.3 Å². The van der Waals surface area contributed by atoms with E-state index < -0.39 is 9.84 Å². The first-order chi connectivity index (χ1) is 9.36. The summed E-state index contributed by atoms with van der Waals surface area (Å²) in [6.45, 7) is 2.86. The van der Waals surface area contributed by atoms with Gasteiger partial charge in [0.2, 0.25) is 9.84 Å². The number of aromatic amines is 1. The Morgan fingerprint density at radius 3 is 2.85 bits per heavy atom. The normalized spacial score (nSPS) is 15.7. The smallest absolute Gasteiger partial charge is 0.250 e. The Bertz CT molecular complexity index is 814. The minimum Gasteiger partial charge on any atom is -0.317 e. The highest BCUT2D eigenvalue weighted by molar-refractivity contribution is 7.90. The number of H-pyrrole nitrogens is 1. The highest BCUT2D eigenvalue weighted by atomic mass is 32.2. The fraction of sp³-hybridized carbons (Fsp3) is 0.455. The summed E-state index contributed by atoms with van der Waals surface area (Å²) in [5.41, 5.74) is 1.38. The Labute approximate surface area is 117 Å². The van der Waals surface area contributed by atoms with Gasteiger partial charge >= 0.3 is 0 Å². The van der Waals surface area contributed by atoms with Gasteiger partial charge < -0.3 is 4.90 Å². The van der Waals surface area contributed by atoms with Crippen molar-refractivity contribution in [3.63, 3.8) is 0 Å². The van der Waals surface area contributed by atoms with Gasteiger partial charge in [0.25, 0.3) is 5.16 Å². The molecule has 2 aromatic heterocycles. The average molecular weight is 312 g/mol. The molecule has 0 saturated heterocycles. The molecule has 3 heterocycles. The Balaban J connectivity index is 2.26. The van der Waals surface area contributed by atoms with E-state index in [4.69, 9.17) is 0 Å². The van der Waals surface area contributed by atoms with Gasteiger partial charge in [0.1, 0.15) is 13.4 Å². The quantitative estimate of drug-likeness (QED) is 0.660. The first-order valence-corrected chi connectivity index (χ1v) is 10.1. The SMILES string of the molecule is C=[P+](C)CN1CCc2[nH]nc3nc(S(C)(=O)=O)nc1c23. The maximum atomic E-state index is 11.7. The lowest BCUT2D eigenvalue weighted by molar-refractivity contribution is 0.593. The van der Waals surface area contributed by atoms with Gasteiger partial charge in [-0.15, -0.1) is 0 Å². The molecular formula is C11H15N5O2PS+. The zero-order valence-electron chi connectivity index (χ0n) is 11.3. The highest BCUT2D eigenvalue weighted by Crippen LogP contribution is 2.33. The molecule has 1 atom stereocenters. The molecule has 0 bridgehead atoms. The third-order valence-corrected chi connectivity index (χ3v) is 4.79. The number of rotatable bonds is 3. The Kier molecular flexibility index (Phi) is 3.02. The van der Waals surface area contributed by atoms with E-state index in [1.807, 2.05) is 0 Å². The molecular weight excluding hydrogens is 297 g/mol. The fourth-order valence-electron chi connectivity index (χ4n) is 2.30. The maximum Gasteiger partial charge on any atom is 0.250 e. The molecule has 0 aliphatic carbocycles. The first kappa shape index (κ1) is 13.5. The van der Waals surface area contributed by atoms with Gasteiger partial charge in [0, 0.05) is 19.2 Å². The van der Waals surface area contributed by atoms with Crippen molar-refractivity contribution in [3.8, 4) is 0 Å². The summed E-state index contributed by atoms with van der Waals surface area (Å²) in [5.74, 6) is 0.656. The van der Waals surface area contributed by atoms with E-state index in [1.165, 1.54) is 0 Å². The molecule has 1 aliphatic heterocycles. The van der Waals surface area contributed by atoms with Crippen molar-refractivity contribution in [1.29, 1.82) is 0 Å². The monoisotopic (exact) mass is 312 g/mol. The molecule has 0 saturated carbocycles. The zero-order valence-corrected chi connectivity index (χ0v) is 13.0. The van der Waals surface area contributed by atoms with Crippen LogP contribution >= 0.6 is 7.55 Å². The zero-order chi connectivity index (χ0) is 14.5. The number of aromatic nitrogens is 4. The molecule has 1 aliphatic rings. The van der Waals surface area contributed by atoms with E-state index in [9.17, 15) is 8.42 Å². The lowest BCUT2D eigenvalue weighted by Crippen LogP contribution is -2.30. The van der Waals surface area contributed by atoms with Crippen LogP contribution in [0.15, 0.2) is 5.16 Å². The Hall–Kier alpha value is -1.53. The first-order valence-electron chi connectivity index (χ1n) is 6.08. The van der Waals surface area contributed by atoms with Gasteiger partial charge in [-0.25, -0.2) is 8.42 Å². The van der Waals surface area contributed by atoms with Gasteiger partial charge in [-0.05, 0) is 0 Å². The Morgan fingerprint density at radius 2 is 2.20 bits per heavy atom. The van der Waals surface area contributed by atoms with E-state index in [1.54, 1.807) is 0 Å². The third-order valence-electron chi connectivity index (χ3n) is 3.12. The van der Waals surface area contributed by atoms with Crippen molar-refractivity contribution in [3.05, 3.63) is 5.69 Å². The van der Waals surface area contributed by atoms with Gasteiger partial charge in [-0.3, -0.25) is 5.10 Å². The number of nitrogens with zero attached hydrogens (tertiary/aromatic N) is 4. The van der Waals surface area contributed by atoms with Gasteiger partial charge in [0.15, 0.2) is 11.9 Å². The molecule has 1 unspecified atom stereocenters. The maximum absolute atomic E-state index is 11.7. The lowest BCUT2D eigenvalue weighted by atomic mass is 10.1. The molecule has 9 heteroatoms. The van der Waals surface area contributed by atoms with Crippen LogP contribution < -0.4 is 4.90 Å². The van der Waals surface area contributed by atoms with Crippen molar-refractivity contribution in [1.82, 2.24) is 20.2 Å². The summed E-state index contributed by atoms with van der Waals surface area (Å²) in [4.78, 5) is 10.4. The van der Waals surface area contributed by atoms with Crippen LogP contribution in [0.5, 0.6) is 0 Å². The van der Waals surface area contributed by atoms with E-state index in [0.717, 1.165) is 36.6 Å². The number of anilines is 1. The number of hydrogen-bond donors (Lipinski definition) is 1. The van der Waals surface area contributed by atoms with E-state index >= 15 is 0 Å². The third kappa shape index (κ3) is 2.19. The molecule has 0 radical (unpaired) electrons. The summed E-state index contributed by atoms with van der Waals surface area (Å²) in [6, 6.07) is 0. The van der Waals surface area contributed by atoms with Crippen molar-refractivity contribution in [2.75, 3.05) is 30.7 Å². The van der Waals surface area contributed by atoms with Crippen LogP contribution in [0.2, 0.25) is 0 Å². The minimum atomic E-state index is -3.46. The van der Waals surface area contributed by atoms with E-state index in [0.29, 0.717) is 11.5 Å². The summed E-state index contributed by atoms with van der Waals surface area (Å²) >= 11 is 0. The second-order valence-corrected chi connectivity index (χ2v) is 8.92. The van der Waals surface area contributed by atoms with Crippen LogP contribution in [0.25, 0.3) is 11.0 Å². The van der Waals surface area contributed by atoms with E-state index in [-0.39, 0.29) is 12.7 Å². The summed E-state index contributed by atoms with van der Waals surface area (Å²) in [5, 5.41) is 7.69. The number of nitrogens with one attached hydrogen (secondary N) is 1. The van der Waals surface area contributed by atoms with Crippen LogP contribution in [0.4, 0.5) is 5.82 Å². The molecule has 2 aromatic rings. The van der Waals surface area contributed by atoms with Crippen molar-refractivity contribution in [2.24, 2.45) is 0 Å². The summed E-state index contributed by atoms with van der Waals surface area (Å²) < 4.78 is 23.4. The minimum absolute atomic E-state index is 0.172. The summed E-state index contributed by atoms with van der Waals surface area (Å²) in [6.07, 6.45) is 6.77. The van der Waals surface area contributed by atoms with Crippen molar-refractivity contribution < 1.29 is 8.42 Å². The van der Waals surface area contributed by atoms with Crippen molar-refractivity contribution >= 4 is 40.5 Å². The molecule has 3 rings (SSSR count). The topological polar surface area (TPSA) is 91.8 Å². The second kappa shape index (κ2) is 4.49. The molecule has 106 valence electrons. The molecule has 0 fully saturated rings.